The summed E-state index contributed by atoms with van der Waals surface area (Å²) in [7, 11) is 1.67. The molecule has 2 heterocycles. The maximum Gasteiger partial charge on any atom is 0.191 e. The Morgan fingerprint density at radius 2 is 2.15 bits per heavy atom. The molecule has 0 radical (unpaired) electrons. The smallest absolute Gasteiger partial charge is 0.191 e. The van der Waals surface area contributed by atoms with Crippen molar-refractivity contribution in [2.75, 3.05) is 19.5 Å². The van der Waals surface area contributed by atoms with Crippen molar-refractivity contribution in [2.24, 2.45) is 0 Å². The fourth-order valence-corrected chi connectivity index (χ4v) is 2.52. The second kappa shape index (κ2) is 7.42. The van der Waals surface area contributed by atoms with Gasteiger partial charge in [0.15, 0.2) is 11.0 Å². The molecule has 0 bridgehead atoms. The summed E-state index contributed by atoms with van der Waals surface area (Å²) >= 11 is 7.31. The van der Waals surface area contributed by atoms with E-state index in [0.717, 1.165) is 16.5 Å². The van der Waals surface area contributed by atoms with Crippen molar-refractivity contribution < 1.29 is 4.74 Å². The standard InChI is InChI=1S/C13H15ClN4OS/c1-10(14)9-20-13-17-16-12(18(13)7-8-19-2)11-3-5-15-6-4-11/h3-6H,1,7-9H2,2H3. The Bertz CT molecular complexity index is 573. The molecule has 0 saturated carbocycles. The van der Waals surface area contributed by atoms with Crippen LogP contribution in [-0.4, -0.2) is 39.2 Å². The fraction of sp³-hybridized carbons (Fsp3) is 0.308. The van der Waals surface area contributed by atoms with Gasteiger partial charge < -0.3 is 4.74 Å². The predicted molar refractivity (Wildman–Crippen MR) is 80.8 cm³/mol. The van der Waals surface area contributed by atoms with Crippen molar-refractivity contribution in [3.05, 3.63) is 36.1 Å². The topological polar surface area (TPSA) is 52.8 Å². The molecule has 0 aliphatic heterocycles. The number of aromatic nitrogens is 4. The molecule has 20 heavy (non-hydrogen) atoms. The van der Waals surface area contributed by atoms with E-state index in [1.807, 2.05) is 16.7 Å². The molecule has 2 rings (SSSR count). The fourth-order valence-electron chi connectivity index (χ4n) is 1.64. The molecule has 0 N–H and O–H groups in total. The lowest BCUT2D eigenvalue weighted by atomic mass is 10.2. The summed E-state index contributed by atoms with van der Waals surface area (Å²) in [5.74, 6) is 1.40. The lowest BCUT2D eigenvalue weighted by Crippen LogP contribution is -2.07. The summed E-state index contributed by atoms with van der Waals surface area (Å²) in [6, 6.07) is 3.81. The number of rotatable bonds is 7. The molecule has 5 nitrogen and oxygen atoms in total. The predicted octanol–water partition coefficient (Wildman–Crippen LogP) is 2.83. The van der Waals surface area contributed by atoms with Gasteiger partial charge in [-0.15, -0.1) is 10.2 Å². The lowest BCUT2D eigenvalue weighted by Gasteiger charge is -2.09. The van der Waals surface area contributed by atoms with E-state index < -0.39 is 0 Å². The Labute approximate surface area is 127 Å². The molecule has 0 unspecified atom stereocenters. The van der Waals surface area contributed by atoms with Gasteiger partial charge in [0.1, 0.15) is 0 Å². The molecule has 0 aliphatic rings. The number of thioether (sulfide) groups is 1. The van der Waals surface area contributed by atoms with Crippen LogP contribution in [-0.2, 0) is 11.3 Å². The number of hydrogen-bond donors (Lipinski definition) is 0. The average molecular weight is 311 g/mol. The Morgan fingerprint density at radius 1 is 1.40 bits per heavy atom. The van der Waals surface area contributed by atoms with Gasteiger partial charge in [-0.1, -0.05) is 29.9 Å². The highest BCUT2D eigenvalue weighted by Crippen LogP contribution is 2.25. The van der Waals surface area contributed by atoms with Crippen molar-refractivity contribution in [3.8, 4) is 11.4 Å². The first-order chi connectivity index (χ1) is 9.72. The van der Waals surface area contributed by atoms with Gasteiger partial charge in [-0.05, 0) is 12.1 Å². The van der Waals surface area contributed by atoms with E-state index >= 15 is 0 Å². The van der Waals surface area contributed by atoms with Crippen molar-refractivity contribution in [3.63, 3.8) is 0 Å². The molecule has 0 saturated heterocycles. The van der Waals surface area contributed by atoms with Gasteiger partial charge in [0.2, 0.25) is 0 Å². The second-order valence-electron chi connectivity index (χ2n) is 3.99. The maximum absolute atomic E-state index is 5.80. The van der Waals surface area contributed by atoms with Crippen molar-refractivity contribution in [1.82, 2.24) is 19.7 Å². The highest BCUT2D eigenvalue weighted by atomic mass is 35.5. The highest BCUT2D eigenvalue weighted by Gasteiger charge is 2.14. The van der Waals surface area contributed by atoms with Gasteiger partial charge in [0, 0.05) is 35.9 Å². The van der Waals surface area contributed by atoms with Gasteiger partial charge in [-0.2, -0.15) is 0 Å². The third-order valence-corrected chi connectivity index (χ3v) is 3.88. The summed E-state index contributed by atoms with van der Waals surface area (Å²) in [6.45, 7) is 4.95. The first-order valence-electron chi connectivity index (χ1n) is 6.01. The van der Waals surface area contributed by atoms with Crippen LogP contribution >= 0.6 is 23.4 Å². The number of nitrogens with zero attached hydrogens (tertiary/aromatic N) is 4. The zero-order valence-electron chi connectivity index (χ0n) is 11.1. The second-order valence-corrected chi connectivity index (χ2v) is 5.47. The van der Waals surface area contributed by atoms with Crippen LogP contribution in [0.5, 0.6) is 0 Å². The Hall–Kier alpha value is -1.37. The molecule has 0 fully saturated rings. The molecule has 0 aromatic carbocycles. The zero-order valence-corrected chi connectivity index (χ0v) is 12.7. The Kier molecular flexibility index (Phi) is 5.58. The van der Waals surface area contributed by atoms with Crippen LogP contribution in [0.2, 0.25) is 0 Å². The van der Waals surface area contributed by atoms with E-state index in [-0.39, 0.29) is 0 Å². The van der Waals surface area contributed by atoms with Gasteiger partial charge in [-0.25, -0.2) is 0 Å². The van der Waals surface area contributed by atoms with Gasteiger partial charge >= 0.3 is 0 Å². The summed E-state index contributed by atoms with van der Waals surface area (Å²) < 4.78 is 7.16. The lowest BCUT2D eigenvalue weighted by molar-refractivity contribution is 0.185. The maximum atomic E-state index is 5.80. The van der Waals surface area contributed by atoms with E-state index in [0.29, 0.717) is 23.9 Å². The number of pyridine rings is 1. The molecule has 2 aromatic rings. The van der Waals surface area contributed by atoms with E-state index in [4.69, 9.17) is 16.3 Å². The molecule has 0 spiro atoms. The summed E-state index contributed by atoms with van der Waals surface area (Å²) in [6.07, 6.45) is 3.47. The van der Waals surface area contributed by atoms with E-state index in [9.17, 15) is 0 Å². The minimum absolute atomic E-state index is 0.585. The molecular formula is C13H15ClN4OS. The molecule has 106 valence electrons. The first-order valence-corrected chi connectivity index (χ1v) is 7.37. The van der Waals surface area contributed by atoms with E-state index in [2.05, 4.69) is 21.8 Å². The normalized spacial score (nSPS) is 10.7. The molecule has 0 atom stereocenters. The first kappa shape index (κ1) is 15.0. The van der Waals surface area contributed by atoms with Crippen LogP contribution in [0.4, 0.5) is 0 Å². The summed E-state index contributed by atoms with van der Waals surface area (Å²) in [4.78, 5) is 4.01. The Balaban J connectivity index is 2.29. The van der Waals surface area contributed by atoms with Crippen LogP contribution in [0.25, 0.3) is 11.4 Å². The monoisotopic (exact) mass is 310 g/mol. The SMILES string of the molecule is C=C(Cl)CSc1nnc(-c2ccncc2)n1CCOC. The summed E-state index contributed by atoms with van der Waals surface area (Å²) in [5.41, 5.74) is 0.972. The van der Waals surface area contributed by atoms with Gasteiger partial charge in [-0.3, -0.25) is 9.55 Å². The number of ether oxygens (including phenoxy) is 1. The van der Waals surface area contributed by atoms with E-state index in [1.165, 1.54) is 11.8 Å². The van der Waals surface area contributed by atoms with Gasteiger partial charge in [0.05, 0.1) is 13.2 Å². The van der Waals surface area contributed by atoms with Crippen LogP contribution in [0.15, 0.2) is 41.3 Å². The van der Waals surface area contributed by atoms with E-state index in [1.54, 1.807) is 19.5 Å². The van der Waals surface area contributed by atoms with Gasteiger partial charge in [0.25, 0.3) is 0 Å². The average Bonchev–Trinajstić information content (AvgIpc) is 2.86. The third kappa shape index (κ3) is 3.82. The Morgan fingerprint density at radius 3 is 2.80 bits per heavy atom. The minimum Gasteiger partial charge on any atom is -0.383 e. The van der Waals surface area contributed by atoms with Crippen molar-refractivity contribution in [2.45, 2.75) is 11.7 Å². The van der Waals surface area contributed by atoms with Crippen LogP contribution < -0.4 is 0 Å². The molecule has 0 aliphatic carbocycles. The molecule has 2 aromatic heterocycles. The number of methoxy groups -OCH3 is 1. The molecule has 0 amide bonds. The molecular weight excluding hydrogens is 296 g/mol. The molecule has 7 heteroatoms. The number of hydrogen-bond acceptors (Lipinski definition) is 5. The third-order valence-electron chi connectivity index (χ3n) is 2.53. The highest BCUT2D eigenvalue weighted by molar-refractivity contribution is 7.99. The largest absolute Gasteiger partial charge is 0.383 e. The van der Waals surface area contributed by atoms with Crippen LogP contribution in [0.1, 0.15) is 0 Å². The quantitative estimate of drug-likeness (QED) is 0.736. The minimum atomic E-state index is 0.585. The number of halogens is 1. The van der Waals surface area contributed by atoms with Crippen LogP contribution in [0.3, 0.4) is 0 Å². The van der Waals surface area contributed by atoms with Crippen molar-refractivity contribution in [1.29, 1.82) is 0 Å². The van der Waals surface area contributed by atoms with Crippen LogP contribution in [0, 0.1) is 0 Å². The van der Waals surface area contributed by atoms with Crippen molar-refractivity contribution >= 4 is 23.4 Å². The zero-order chi connectivity index (χ0) is 14.4. The summed E-state index contributed by atoms with van der Waals surface area (Å²) in [5, 5.41) is 9.86.